The smallest absolute Gasteiger partial charge is 0.226 e. The highest BCUT2D eigenvalue weighted by atomic mass is 16.2. The lowest BCUT2D eigenvalue weighted by atomic mass is 10.0. The fourth-order valence-electron chi connectivity index (χ4n) is 2.81. The van der Waals surface area contributed by atoms with Crippen LogP contribution in [0.3, 0.4) is 0 Å². The molecule has 0 heterocycles. The number of carbonyl (C=O) groups is 1. The van der Waals surface area contributed by atoms with Gasteiger partial charge in [0.05, 0.1) is 0 Å². The van der Waals surface area contributed by atoms with Crippen LogP contribution in [-0.4, -0.2) is 16.8 Å². The number of hydrogen-bond acceptors (Lipinski definition) is 2. The van der Waals surface area contributed by atoms with Gasteiger partial charge >= 0.3 is 0 Å². The van der Waals surface area contributed by atoms with Gasteiger partial charge in [-0.25, -0.2) is 0 Å². The molecule has 1 aliphatic carbocycles. The van der Waals surface area contributed by atoms with Gasteiger partial charge in [0.15, 0.2) is 0 Å². The molecule has 0 unspecified atom stereocenters. The van der Waals surface area contributed by atoms with E-state index in [0.717, 1.165) is 24.1 Å². The molecule has 3 heteroatoms. The van der Waals surface area contributed by atoms with Crippen LogP contribution in [0.15, 0.2) is 24.3 Å². The Labute approximate surface area is 115 Å². The van der Waals surface area contributed by atoms with Gasteiger partial charge in [0, 0.05) is 24.2 Å². The third kappa shape index (κ3) is 3.49. The molecule has 1 aromatic carbocycles. The van der Waals surface area contributed by atoms with Crippen molar-refractivity contribution in [3.05, 3.63) is 29.8 Å². The van der Waals surface area contributed by atoms with E-state index >= 15 is 0 Å². The zero-order valence-corrected chi connectivity index (χ0v) is 11.9. The number of benzene rings is 1. The molecule has 0 atom stereocenters. The van der Waals surface area contributed by atoms with E-state index in [0.29, 0.717) is 12.5 Å². The molecule has 0 aromatic heterocycles. The number of carbonyl (C=O) groups excluding carboxylic acids is 1. The van der Waals surface area contributed by atoms with E-state index in [4.69, 9.17) is 5.73 Å². The summed E-state index contributed by atoms with van der Waals surface area (Å²) in [6, 6.07) is 8.05. The summed E-state index contributed by atoms with van der Waals surface area (Å²) in [5, 5.41) is 0. The lowest BCUT2D eigenvalue weighted by molar-refractivity contribution is -0.137. The van der Waals surface area contributed by atoms with Gasteiger partial charge in [-0.3, -0.25) is 4.79 Å². The van der Waals surface area contributed by atoms with Gasteiger partial charge in [-0.15, -0.1) is 0 Å². The molecular formula is C16H24N2O. The van der Waals surface area contributed by atoms with Crippen LogP contribution in [0.4, 0.5) is 5.69 Å². The van der Waals surface area contributed by atoms with Gasteiger partial charge in [0.25, 0.3) is 0 Å². The molecule has 0 saturated heterocycles. The normalized spacial score (nSPS) is 15.9. The Morgan fingerprint density at radius 2 is 2.05 bits per heavy atom. The van der Waals surface area contributed by atoms with Crippen LogP contribution in [0.1, 0.15) is 45.1 Å². The Kier molecular flexibility index (Phi) is 4.46. The fourth-order valence-corrected chi connectivity index (χ4v) is 2.81. The standard InChI is InChI=1S/C16H24N2O/c1-12(2)18(16(19)14-7-3-4-8-14)11-13-6-5-9-15(17)10-13/h5-6,9-10,12,14H,3-4,7-8,11,17H2,1-2H3. The van der Waals surface area contributed by atoms with E-state index < -0.39 is 0 Å². The van der Waals surface area contributed by atoms with E-state index in [1.807, 2.05) is 29.2 Å². The third-order valence-corrected chi connectivity index (χ3v) is 3.91. The van der Waals surface area contributed by atoms with Crippen molar-refractivity contribution < 1.29 is 4.79 Å². The summed E-state index contributed by atoms with van der Waals surface area (Å²) in [5.41, 5.74) is 7.68. The molecule has 1 amide bonds. The highest BCUT2D eigenvalue weighted by Gasteiger charge is 2.28. The molecule has 1 saturated carbocycles. The highest BCUT2D eigenvalue weighted by Crippen LogP contribution is 2.28. The Morgan fingerprint density at radius 1 is 1.37 bits per heavy atom. The molecule has 2 N–H and O–H groups in total. The Balaban J connectivity index is 2.09. The van der Waals surface area contributed by atoms with Crippen molar-refractivity contribution >= 4 is 11.6 Å². The molecule has 0 aliphatic heterocycles. The monoisotopic (exact) mass is 260 g/mol. The number of amides is 1. The number of nitrogens with zero attached hydrogens (tertiary/aromatic N) is 1. The summed E-state index contributed by atoms with van der Waals surface area (Å²) in [6.45, 7) is 4.83. The number of anilines is 1. The average Bonchev–Trinajstić information content (AvgIpc) is 2.88. The van der Waals surface area contributed by atoms with Gasteiger partial charge in [-0.1, -0.05) is 25.0 Å². The van der Waals surface area contributed by atoms with Crippen LogP contribution in [0.25, 0.3) is 0 Å². The molecule has 0 bridgehead atoms. The van der Waals surface area contributed by atoms with Gasteiger partial charge < -0.3 is 10.6 Å². The fraction of sp³-hybridized carbons (Fsp3) is 0.562. The van der Waals surface area contributed by atoms with Gasteiger partial charge in [-0.05, 0) is 44.4 Å². The predicted molar refractivity (Wildman–Crippen MR) is 78.5 cm³/mol. The van der Waals surface area contributed by atoms with Gasteiger partial charge in [-0.2, -0.15) is 0 Å². The first-order valence-electron chi connectivity index (χ1n) is 7.23. The lowest BCUT2D eigenvalue weighted by Gasteiger charge is -2.29. The maximum Gasteiger partial charge on any atom is 0.226 e. The van der Waals surface area contributed by atoms with Gasteiger partial charge in [0.2, 0.25) is 5.91 Å². The molecule has 1 fully saturated rings. The predicted octanol–water partition coefficient (Wildman–Crippen LogP) is 3.20. The van der Waals surface area contributed by atoms with E-state index in [1.54, 1.807) is 0 Å². The van der Waals surface area contributed by atoms with Crippen molar-refractivity contribution in [2.75, 3.05) is 5.73 Å². The topological polar surface area (TPSA) is 46.3 Å². The van der Waals surface area contributed by atoms with Crippen LogP contribution in [-0.2, 0) is 11.3 Å². The van der Waals surface area contributed by atoms with E-state index in [1.165, 1.54) is 12.8 Å². The second-order valence-corrected chi connectivity index (χ2v) is 5.79. The molecule has 3 nitrogen and oxygen atoms in total. The van der Waals surface area contributed by atoms with E-state index in [2.05, 4.69) is 13.8 Å². The van der Waals surface area contributed by atoms with E-state index in [9.17, 15) is 4.79 Å². The average molecular weight is 260 g/mol. The maximum atomic E-state index is 12.6. The maximum absolute atomic E-state index is 12.6. The van der Waals surface area contributed by atoms with Crippen molar-refractivity contribution in [2.45, 2.75) is 52.1 Å². The van der Waals surface area contributed by atoms with Crippen LogP contribution in [0.5, 0.6) is 0 Å². The second-order valence-electron chi connectivity index (χ2n) is 5.79. The molecule has 104 valence electrons. The molecule has 0 spiro atoms. The molecule has 1 aliphatic rings. The minimum Gasteiger partial charge on any atom is -0.399 e. The number of nitrogen functional groups attached to an aromatic ring is 1. The molecule has 1 aromatic rings. The van der Waals surface area contributed by atoms with Crippen LogP contribution in [0, 0.1) is 5.92 Å². The highest BCUT2D eigenvalue weighted by molar-refractivity contribution is 5.79. The second kappa shape index (κ2) is 6.09. The Hall–Kier alpha value is -1.51. The van der Waals surface area contributed by atoms with Crippen LogP contribution >= 0.6 is 0 Å². The van der Waals surface area contributed by atoms with Crippen molar-refractivity contribution in [2.24, 2.45) is 5.92 Å². The zero-order chi connectivity index (χ0) is 13.8. The largest absolute Gasteiger partial charge is 0.399 e. The van der Waals surface area contributed by atoms with Crippen molar-refractivity contribution in [1.29, 1.82) is 0 Å². The van der Waals surface area contributed by atoms with Crippen molar-refractivity contribution in [3.8, 4) is 0 Å². The number of rotatable bonds is 4. The van der Waals surface area contributed by atoms with E-state index in [-0.39, 0.29) is 12.0 Å². The first-order valence-corrected chi connectivity index (χ1v) is 7.23. The summed E-state index contributed by atoms with van der Waals surface area (Å²) >= 11 is 0. The number of nitrogens with two attached hydrogens (primary N) is 1. The number of hydrogen-bond donors (Lipinski definition) is 1. The first-order chi connectivity index (χ1) is 9.08. The summed E-state index contributed by atoms with van der Waals surface area (Å²) in [4.78, 5) is 14.6. The molecular weight excluding hydrogens is 236 g/mol. The summed E-state index contributed by atoms with van der Waals surface area (Å²) < 4.78 is 0. The van der Waals surface area contributed by atoms with Crippen LogP contribution in [0.2, 0.25) is 0 Å². The summed E-state index contributed by atoms with van der Waals surface area (Å²) in [7, 11) is 0. The summed E-state index contributed by atoms with van der Waals surface area (Å²) in [6.07, 6.45) is 4.50. The lowest BCUT2D eigenvalue weighted by Crippen LogP contribution is -2.39. The van der Waals surface area contributed by atoms with Crippen molar-refractivity contribution in [1.82, 2.24) is 4.90 Å². The minimum atomic E-state index is 0.231. The molecule has 2 rings (SSSR count). The summed E-state index contributed by atoms with van der Waals surface area (Å²) in [5.74, 6) is 0.554. The zero-order valence-electron chi connectivity index (χ0n) is 11.9. The quantitative estimate of drug-likeness (QED) is 0.845. The molecule has 0 radical (unpaired) electrons. The van der Waals surface area contributed by atoms with Crippen LogP contribution < -0.4 is 5.73 Å². The Morgan fingerprint density at radius 3 is 2.63 bits per heavy atom. The first kappa shape index (κ1) is 13.9. The molecule has 19 heavy (non-hydrogen) atoms. The van der Waals surface area contributed by atoms with Crippen molar-refractivity contribution in [3.63, 3.8) is 0 Å². The SMILES string of the molecule is CC(C)N(Cc1cccc(N)c1)C(=O)C1CCCC1. The third-order valence-electron chi connectivity index (χ3n) is 3.91. The minimum absolute atomic E-state index is 0.231. The van der Waals surface area contributed by atoms with Gasteiger partial charge in [0.1, 0.15) is 0 Å². The Bertz CT molecular complexity index is 436.